The normalized spacial score (nSPS) is 16.1. The van der Waals surface area contributed by atoms with E-state index >= 15 is 0 Å². The van der Waals surface area contributed by atoms with E-state index in [0.29, 0.717) is 0 Å². The third kappa shape index (κ3) is 5.86. The molecule has 8 heavy (non-hydrogen) atoms. The van der Waals surface area contributed by atoms with Crippen LogP contribution in [-0.4, -0.2) is 11.8 Å². The standard InChI is InChI=1S/C6H12F2/c1-5(7)4-6(2,3)8/h5H,4H2,1-3H3. The quantitative estimate of drug-likeness (QED) is 0.527. The van der Waals surface area contributed by atoms with Gasteiger partial charge >= 0.3 is 0 Å². The molecule has 0 fully saturated rings. The summed E-state index contributed by atoms with van der Waals surface area (Å²) in [6, 6.07) is 0. The van der Waals surface area contributed by atoms with Crippen LogP contribution in [0, 0.1) is 0 Å². The molecule has 0 aromatic rings. The Morgan fingerprint density at radius 1 is 1.50 bits per heavy atom. The van der Waals surface area contributed by atoms with Crippen LogP contribution >= 0.6 is 0 Å². The number of alkyl halides is 2. The van der Waals surface area contributed by atoms with Crippen LogP contribution < -0.4 is 0 Å². The highest BCUT2D eigenvalue weighted by atomic mass is 19.2. The molecule has 0 aromatic heterocycles. The van der Waals surface area contributed by atoms with E-state index < -0.39 is 11.8 Å². The largest absolute Gasteiger partial charge is 0.248 e. The van der Waals surface area contributed by atoms with Gasteiger partial charge in [-0.25, -0.2) is 8.78 Å². The van der Waals surface area contributed by atoms with Gasteiger partial charge in [0.2, 0.25) is 0 Å². The third-order valence-corrected chi connectivity index (χ3v) is 0.767. The molecule has 0 aliphatic rings. The van der Waals surface area contributed by atoms with E-state index in [9.17, 15) is 8.78 Å². The summed E-state index contributed by atoms with van der Waals surface area (Å²) in [4.78, 5) is 0. The molecule has 0 aliphatic heterocycles. The molecule has 0 spiro atoms. The van der Waals surface area contributed by atoms with E-state index in [-0.39, 0.29) is 6.42 Å². The van der Waals surface area contributed by atoms with Crippen molar-refractivity contribution in [2.75, 3.05) is 0 Å². The lowest BCUT2D eigenvalue weighted by Gasteiger charge is -2.13. The topological polar surface area (TPSA) is 0 Å². The van der Waals surface area contributed by atoms with Crippen LogP contribution in [0.3, 0.4) is 0 Å². The summed E-state index contributed by atoms with van der Waals surface area (Å²) in [7, 11) is 0. The van der Waals surface area contributed by atoms with Gasteiger partial charge in [-0.05, 0) is 20.8 Å². The summed E-state index contributed by atoms with van der Waals surface area (Å²) in [6.45, 7) is 4.12. The summed E-state index contributed by atoms with van der Waals surface area (Å²) in [5.74, 6) is 0. The SMILES string of the molecule is CC(F)CC(C)(C)F. The molecule has 0 nitrogen and oxygen atoms in total. The lowest BCUT2D eigenvalue weighted by molar-refractivity contribution is 0.152. The van der Waals surface area contributed by atoms with E-state index in [4.69, 9.17) is 0 Å². The van der Waals surface area contributed by atoms with E-state index in [1.54, 1.807) is 0 Å². The lowest BCUT2D eigenvalue weighted by Crippen LogP contribution is -2.16. The highest BCUT2D eigenvalue weighted by molar-refractivity contribution is 4.68. The Morgan fingerprint density at radius 3 is 1.88 bits per heavy atom. The predicted octanol–water partition coefficient (Wildman–Crippen LogP) is 2.48. The van der Waals surface area contributed by atoms with Gasteiger partial charge in [-0.1, -0.05) is 0 Å². The van der Waals surface area contributed by atoms with Gasteiger partial charge in [0, 0.05) is 6.42 Å². The van der Waals surface area contributed by atoms with Crippen molar-refractivity contribution >= 4 is 0 Å². The summed E-state index contributed by atoms with van der Waals surface area (Å²) < 4.78 is 24.4. The van der Waals surface area contributed by atoms with Gasteiger partial charge in [0.05, 0.1) is 0 Å². The molecule has 50 valence electrons. The second-order valence-corrected chi connectivity index (χ2v) is 2.70. The Kier molecular flexibility index (Phi) is 2.38. The first kappa shape index (κ1) is 7.86. The number of hydrogen-bond acceptors (Lipinski definition) is 0. The molecule has 0 rings (SSSR count). The monoisotopic (exact) mass is 122 g/mol. The van der Waals surface area contributed by atoms with Gasteiger partial charge in [0.1, 0.15) is 11.8 Å². The number of halogens is 2. The second kappa shape index (κ2) is 2.42. The van der Waals surface area contributed by atoms with Crippen molar-refractivity contribution in [3.05, 3.63) is 0 Å². The highest BCUT2D eigenvalue weighted by Crippen LogP contribution is 2.17. The Morgan fingerprint density at radius 2 is 1.88 bits per heavy atom. The Balaban J connectivity index is 3.39. The smallest absolute Gasteiger partial charge is 0.108 e. The Bertz CT molecular complexity index is 61.4. The van der Waals surface area contributed by atoms with Crippen LogP contribution in [0.4, 0.5) is 8.78 Å². The van der Waals surface area contributed by atoms with Crippen LogP contribution in [0.5, 0.6) is 0 Å². The molecule has 0 aromatic carbocycles. The first-order valence-electron chi connectivity index (χ1n) is 2.75. The van der Waals surface area contributed by atoms with E-state index in [2.05, 4.69) is 0 Å². The van der Waals surface area contributed by atoms with Gasteiger partial charge in [-0.2, -0.15) is 0 Å². The van der Waals surface area contributed by atoms with E-state index in [0.717, 1.165) is 0 Å². The summed E-state index contributed by atoms with van der Waals surface area (Å²) in [6.07, 6.45) is -1.04. The third-order valence-electron chi connectivity index (χ3n) is 0.767. The zero-order valence-electron chi connectivity index (χ0n) is 5.54. The molecular weight excluding hydrogens is 110 g/mol. The summed E-state index contributed by atoms with van der Waals surface area (Å²) >= 11 is 0. The second-order valence-electron chi connectivity index (χ2n) is 2.70. The predicted molar refractivity (Wildman–Crippen MR) is 30.4 cm³/mol. The highest BCUT2D eigenvalue weighted by Gasteiger charge is 2.18. The molecule has 0 bridgehead atoms. The van der Waals surface area contributed by atoms with Crippen molar-refractivity contribution in [1.29, 1.82) is 0 Å². The van der Waals surface area contributed by atoms with Crippen molar-refractivity contribution in [2.24, 2.45) is 0 Å². The zero-order valence-corrected chi connectivity index (χ0v) is 5.54. The molecule has 0 radical (unpaired) electrons. The van der Waals surface area contributed by atoms with Gasteiger partial charge < -0.3 is 0 Å². The van der Waals surface area contributed by atoms with Gasteiger partial charge in [0.15, 0.2) is 0 Å². The first-order chi connectivity index (χ1) is 3.42. The molecule has 0 saturated carbocycles. The Hall–Kier alpha value is -0.140. The van der Waals surface area contributed by atoms with E-state index in [1.165, 1.54) is 20.8 Å². The average Bonchev–Trinajstić information content (AvgIpc) is 1.21. The van der Waals surface area contributed by atoms with Crippen molar-refractivity contribution in [3.63, 3.8) is 0 Å². The zero-order chi connectivity index (χ0) is 6.78. The molecule has 0 amide bonds. The fraction of sp³-hybridized carbons (Fsp3) is 1.00. The molecule has 0 heterocycles. The molecule has 2 heteroatoms. The summed E-state index contributed by atoms with van der Waals surface area (Å²) in [5.41, 5.74) is -1.35. The first-order valence-corrected chi connectivity index (χ1v) is 2.75. The molecule has 1 atom stereocenters. The van der Waals surface area contributed by atoms with E-state index in [1.807, 2.05) is 0 Å². The number of rotatable bonds is 2. The maximum absolute atomic E-state index is 12.4. The van der Waals surface area contributed by atoms with Crippen LogP contribution in [0.1, 0.15) is 27.2 Å². The van der Waals surface area contributed by atoms with Crippen molar-refractivity contribution < 1.29 is 8.78 Å². The number of hydrogen-bond donors (Lipinski definition) is 0. The molecular formula is C6H12F2. The maximum Gasteiger partial charge on any atom is 0.108 e. The van der Waals surface area contributed by atoms with Gasteiger partial charge in [-0.3, -0.25) is 0 Å². The van der Waals surface area contributed by atoms with Crippen molar-refractivity contribution in [2.45, 2.75) is 39.0 Å². The molecule has 1 unspecified atom stereocenters. The Labute approximate surface area is 48.9 Å². The van der Waals surface area contributed by atoms with Crippen LogP contribution in [-0.2, 0) is 0 Å². The van der Waals surface area contributed by atoms with Crippen LogP contribution in [0.2, 0.25) is 0 Å². The minimum absolute atomic E-state index is 0.00694. The fourth-order valence-corrected chi connectivity index (χ4v) is 0.669. The molecule has 0 saturated heterocycles. The summed E-state index contributed by atoms with van der Waals surface area (Å²) in [5, 5.41) is 0. The molecule has 0 N–H and O–H groups in total. The fourth-order valence-electron chi connectivity index (χ4n) is 0.669. The minimum Gasteiger partial charge on any atom is -0.248 e. The maximum atomic E-state index is 12.4. The van der Waals surface area contributed by atoms with Crippen LogP contribution in [0.25, 0.3) is 0 Å². The van der Waals surface area contributed by atoms with Gasteiger partial charge in [0.25, 0.3) is 0 Å². The minimum atomic E-state index is -1.35. The van der Waals surface area contributed by atoms with Crippen molar-refractivity contribution in [1.82, 2.24) is 0 Å². The van der Waals surface area contributed by atoms with Gasteiger partial charge in [-0.15, -0.1) is 0 Å². The molecule has 0 aliphatic carbocycles. The average molecular weight is 122 g/mol. The lowest BCUT2D eigenvalue weighted by atomic mass is 10.1. The van der Waals surface area contributed by atoms with Crippen molar-refractivity contribution in [3.8, 4) is 0 Å². The van der Waals surface area contributed by atoms with Crippen LogP contribution in [0.15, 0.2) is 0 Å².